The molecular weight excluding hydrogens is 344 g/mol. The van der Waals surface area contributed by atoms with Crippen molar-refractivity contribution >= 4 is 21.7 Å². The number of benzene rings is 1. The molecule has 1 amide bonds. The van der Waals surface area contributed by atoms with Crippen molar-refractivity contribution in [1.82, 2.24) is 9.21 Å². The minimum absolute atomic E-state index is 0.0277. The molecule has 25 heavy (non-hydrogen) atoms. The van der Waals surface area contributed by atoms with Gasteiger partial charge < -0.3 is 9.64 Å². The highest BCUT2D eigenvalue weighted by molar-refractivity contribution is 7.89. The van der Waals surface area contributed by atoms with Gasteiger partial charge in [-0.25, -0.2) is 8.42 Å². The molecule has 0 saturated carbocycles. The van der Waals surface area contributed by atoms with Crippen molar-refractivity contribution in [2.24, 2.45) is 0 Å². The summed E-state index contributed by atoms with van der Waals surface area (Å²) in [4.78, 5) is 25.2. The van der Waals surface area contributed by atoms with E-state index >= 15 is 0 Å². The number of hydrogen-bond donors (Lipinski definition) is 0. The second kappa shape index (κ2) is 8.55. The summed E-state index contributed by atoms with van der Waals surface area (Å²) in [6.45, 7) is 3.29. The fourth-order valence-corrected chi connectivity index (χ4v) is 4.14. The molecule has 1 aromatic carbocycles. The first-order valence-corrected chi connectivity index (χ1v) is 9.68. The van der Waals surface area contributed by atoms with Gasteiger partial charge in [-0.05, 0) is 25.5 Å². The topological polar surface area (TPSA) is 84.0 Å². The number of piperazine rings is 1. The Hall–Kier alpha value is -1.77. The lowest BCUT2D eigenvalue weighted by molar-refractivity contribution is -0.132. The van der Waals surface area contributed by atoms with E-state index in [0.717, 1.165) is 0 Å². The standard InChI is InChI=1S/C17H24N2O5S/c1-14(20)15-5-7-16(8-6-15)25(22,23)19-11-9-18(10-12-19)17(21)4-3-13-24-2/h5-8H,3-4,9-13H2,1-2H3. The maximum Gasteiger partial charge on any atom is 0.243 e. The second-order valence-corrected chi connectivity index (χ2v) is 7.90. The number of Topliss-reactive ketones (excluding diaryl/α,β-unsaturated/α-hetero) is 1. The number of ether oxygens (including phenoxy) is 1. The number of amides is 1. The SMILES string of the molecule is COCCCC(=O)N1CCN(S(=O)(=O)c2ccc(C(C)=O)cc2)CC1. The van der Waals surface area contributed by atoms with Gasteiger partial charge in [-0.2, -0.15) is 4.31 Å². The summed E-state index contributed by atoms with van der Waals surface area (Å²) in [5.74, 6) is -0.0792. The predicted octanol–water partition coefficient (Wildman–Crippen LogP) is 1.15. The van der Waals surface area contributed by atoms with Crippen molar-refractivity contribution in [2.75, 3.05) is 39.9 Å². The molecule has 1 fully saturated rings. The van der Waals surface area contributed by atoms with Gasteiger partial charge in [0, 0.05) is 51.9 Å². The molecule has 1 saturated heterocycles. The van der Waals surface area contributed by atoms with Crippen LogP contribution in [0.15, 0.2) is 29.2 Å². The van der Waals surface area contributed by atoms with Gasteiger partial charge in [0.05, 0.1) is 4.90 Å². The number of sulfonamides is 1. The van der Waals surface area contributed by atoms with Gasteiger partial charge in [0.2, 0.25) is 15.9 Å². The van der Waals surface area contributed by atoms with Crippen LogP contribution in [0, 0.1) is 0 Å². The van der Waals surface area contributed by atoms with Crippen LogP contribution in [0.1, 0.15) is 30.1 Å². The lowest BCUT2D eigenvalue weighted by Crippen LogP contribution is -2.50. The zero-order chi connectivity index (χ0) is 18.4. The van der Waals surface area contributed by atoms with Crippen LogP contribution < -0.4 is 0 Å². The van der Waals surface area contributed by atoms with Crippen LogP contribution in [0.4, 0.5) is 0 Å². The van der Waals surface area contributed by atoms with Crippen molar-refractivity contribution in [3.8, 4) is 0 Å². The summed E-state index contributed by atoms with van der Waals surface area (Å²) in [6.07, 6.45) is 1.07. The third kappa shape index (κ3) is 4.87. The van der Waals surface area contributed by atoms with E-state index in [1.165, 1.54) is 35.5 Å². The van der Waals surface area contributed by atoms with E-state index < -0.39 is 10.0 Å². The molecule has 7 nitrogen and oxygen atoms in total. The third-order valence-corrected chi connectivity index (χ3v) is 6.14. The normalized spacial score (nSPS) is 16.0. The first-order valence-electron chi connectivity index (χ1n) is 8.24. The van der Waals surface area contributed by atoms with Gasteiger partial charge in [-0.1, -0.05) is 12.1 Å². The lowest BCUT2D eigenvalue weighted by Gasteiger charge is -2.34. The Morgan fingerprint density at radius 2 is 1.68 bits per heavy atom. The summed E-state index contributed by atoms with van der Waals surface area (Å²) in [5, 5.41) is 0. The van der Waals surface area contributed by atoms with Gasteiger partial charge >= 0.3 is 0 Å². The molecule has 0 N–H and O–H groups in total. The first kappa shape index (κ1) is 19.6. The number of ketones is 1. The maximum atomic E-state index is 12.7. The number of rotatable bonds is 7. The summed E-state index contributed by atoms with van der Waals surface area (Å²) in [5.41, 5.74) is 0.477. The maximum absolute atomic E-state index is 12.7. The molecule has 0 atom stereocenters. The van der Waals surface area contributed by atoms with Gasteiger partial charge in [0.15, 0.2) is 5.78 Å². The van der Waals surface area contributed by atoms with E-state index in [1.54, 1.807) is 12.0 Å². The van der Waals surface area contributed by atoms with Crippen molar-refractivity contribution in [3.63, 3.8) is 0 Å². The van der Waals surface area contributed by atoms with Crippen molar-refractivity contribution in [2.45, 2.75) is 24.7 Å². The van der Waals surface area contributed by atoms with E-state index in [4.69, 9.17) is 4.74 Å². The van der Waals surface area contributed by atoms with Gasteiger partial charge in [0.25, 0.3) is 0 Å². The van der Waals surface area contributed by atoms with Crippen LogP contribution in [0.3, 0.4) is 0 Å². The predicted molar refractivity (Wildman–Crippen MR) is 92.9 cm³/mol. The molecule has 2 rings (SSSR count). The molecule has 1 aliphatic heterocycles. The fourth-order valence-electron chi connectivity index (χ4n) is 2.71. The Bertz CT molecular complexity index is 707. The first-order chi connectivity index (χ1) is 11.9. The van der Waals surface area contributed by atoms with Crippen LogP contribution in [0.25, 0.3) is 0 Å². The smallest absolute Gasteiger partial charge is 0.243 e. The molecule has 0 radical (unpaired) electrons. The summed E-state index contributed by atoms with van der Waals surface area (Å²) >= 11 is 0. The number of carbonyl (C=O) groups is 2. The fraction of sp³-hybridized carbons (Fsp3) is 0.529. The van der Waals surface area contributed by atoms with Crippen LogP contribution in [0.5, 0.6) is 0 Å². The summed E-state index contributed by atoms with van der Waals surface area (Å²) < 4.78 is 31.7. The zero-order valence-electron chi connectivity index (χ0n) is 14.6. The van der Waals surface area contributed by atoms with Crippen LogP contribution in [-0.4, -0.2) is 69.2 Å². The summed E-state index contributed by atoms with van der Waals surface area (Å²) in [7, 11) is -2.02. The lowest BCUT2D eigenvalue weighted by atomic mass is 10.2. The highest BCUT2D eigenvalue weighted by Crippen LogP contribution is 2.19. The monoisotopic (exact) mass is 368 g/mol. The Labute approximate surface area is 148 Å². The molecule has 0 bridgehead atoms. The van der Waals surface area contributed by atoms with E-state index in [1.807, 2.05) is 0 Å². The number of hydrogen-bond acceptors (Lipinski definition) is 5. The van der Waals surface area contributed by atoms with E-state index in [2.05, 4.69) is 0 Å². The van der Waals surface area contributed by atoms with Crippen molar-refractivity contribution in [1.29, 1.82) is 0 Å². The molecule has 0 aliphatic carbocycles. The molecule has 0 spiro atoms. The Balaban J connectivity index is 1.96. The molecular formula is C17H24N2O5S. The Morgan fingerprint density at radius 1 is 1.08 bits per heavy atom. The Morgan fingerprint density at radius 3 is 2.20 bits per heavy atom. The minimum Gasteiger partial charge on any atom is -0.385 e. The highest BCUT2D eigenvalue weighted by atomic mass is 32.2. The number of nitrogens with zero attached hydrogens (tertiary/aromatic N) is 2. The zero-order valence-corrected chi connectivity index (χ0v) is 15.4. The van der Waals surface area contributed by atoms with E-state index in [0.29, 0.717) is 38.1 Å². The van der Waals surface area contributed by atoms with Crippen LogP contribution in [0.2, 0.25) is 0 Å². The quantitative estimate of drug-likeness (QED) is 0.532. The molecule has 1 aromatic rings. The van der Waals surface area contributed by atoms with Crippen LogP contribution in [-0.2, 0) is 19.6 Å². The van der Waals surface area contributed by atoms with Gasteiger partial charge in [-0.15, -0.1) is 0 Å². The summed E-state index contributed by atoms with van der Waals surface area (Å²) in [6, 6.07) is 5.94. The van der Waals surface area contributed by atoms with Crippen LogP contribution >= 0.6 is 0 Å². The van der Waals surface area contributed by atoms with Gasteiger partial charge in [-0.3, -0.25) is 9.59 Å². The largest absolute Gasteiger partial charge is 0.385 e. The average molecular weight is 368 g/mol. The molecule has 138 valence electrons. The second-order valence-electron chi connectivity index (χ2n) is 5.96. The van der Waals surface area contributed by atoms with E-state index in [9.17, 15) is 18.0 Å². The highest BCUT2D eigenvalue weighted by Gasteiger charge is 2.29. The number of carbonyl (C=O) groups excluding carboxylic acids is 2. The Kier molecular flexibility index (Phi) is 6.69. The minimum atomic E-state index is -3.61. The number of methoxy groups -OCH3 is 1. The molecule has 0 unspecified atom stereocenters. The van der Waals surface area contributed by atoms with Gasteiger partial charge in [0.1, 0.15) is 0 Å². The third-order valence-electron chi connectivity index (χ3n) is 4.23. The average Bonchev–Trinajstić information content (AvgIpc) is 2.62. The molecule has 0 aromatic heterocycles. The van der Waals surface area contributed by atoms with Crippen molar-refractivity contribution < 1.29 is 22.7 Å². The molecule has 1 aliphatic rings. The molecule has 1 heterocycles. The van der Waals surface area contributed by atoms with E-state index in [-0.39, 0.29) is 29.7 Å². The van der Waals surface area contributed by atoms with Crippen molar-refractivity contribution in [3.05, 3.63) is 29.8 Å². The molecule has 8 heteroatoms.